The third kappa shape index (κ3) is 1.67. The van der Waals surface area contributed by atoms with Crippen LogP contribution in [0.2, 0.25) is 0 Å². The highest BCUT2D eigenvalue weighted by Gasteiger charge is 2.07. The van der Waals surface area contributed by atoms with Gasteiger partial charge in [-0.15, -0.1) is 0 Å². The number of nitrogens with two attached hydrogens (primary N) is 1. The predicted octanol–water partition coefficient (Wildman–Crippen LogP) is 2.31. The van der Waals surface area contributed by atoms with Crippen LogP contribution in [-0.4, -0.2) is 15.2 Å². The molecule has 3 aromatic rings. The van der Waals surface area contributed by atoms with Crippen molar-refractivity contribution in [2.24, 2.45) is 0 Å². The molecule has 0 amide bonds. The second-order valence-corrected chi connectivity index (χ2v) is 3.62. The average Bonchev–Trinajstić information content (AvgIpc) is 2.99. The van der Waals surface area contributed by atoms with Crippen LogP contribution < -0.4 is 5.73 Å². The molecule has 0 fully saturated rings. The summed E-state index contributed by atoms with van der Waals surface area (Å²) >= 11 is 0. The van der Waals surface area contributed by atoms with Crippen LogP contribution in [0.4, 0.5) is 5.82 Å². The zero-order valence-corrected chi connectivity index (χ0v) is 8.92. The first-order valence-electron chi connectivity index (χ1n) is 5.14. The molecular weight excluding hydrogens is 216 g/mol. The third-order valence-electron chi connectivity index (χ3n) is 2.52. The summed E-state index contributed by atoms with van der Waals surface area (Å²) in [5.41, 5.74) is 8.55. The van der Waals surface area contributed by atoms with Crippen molar-refractivity contribution >= 4 is 5.82 Å². The summed E-state index contributed by atoms with van der Waals surface area (Å²) in [5, 5.41) is 6.61. The number of anilines is 1. The molecule has 3 N–H and O–H groups in total. The van der Waals surface area contributed by atoms with E-state index >= 15 is 0 Å². The highest BCUT2D eigenvalue weighted by molar-refractivity contribution is 5.76. The quantitative estimate of drug-likeness (QED) is 0.702. The summed E-state index contributed by atoms with van der Waals surface area (Å²) < 4.78 is 5.26. The number of H-pyrrole nitrogens is 1. The second kappa shape index (κ2) is 3.79. The lowest BCUT2D eigenvalue weighted by Gasteiger charge is -2.01. The van der Waals surface area contributed by atoms with Gasteiger partial charge in [-0.05, 0) is 17.7 Å². The standard InChI is InChI=1S/C12H10N4O/c13-11-10(7-15-16-11)8-2-1-3-9(6-8)12-14-4-5-17-12/h1-7H,(H3,13,15,16). The first-order chi connectivity index (χ1) is 8.34. The maximum absolute atomic E-state index is 5.78. The van der Waals surface area contributed by atoms with E-state index in [2.05, 4.69) is 15.2 Å². The molecule has 0 unspecified atom stereocenters. The van der Waals surface area contributed by atoms with E-state index in [0.29, 0.717) is 11.7 Å². The molecule has 1 aromatic carbocycles. The summed E-state index contributed by atoms with van der Waals surface area (Å²) in [7, 11) is 0. The molecule has 84 valence electrons. The number of oxazole rings is 1. The highest BCUT2D eigenvalue weighted by atomic mass is 16.3. The fourth-order valence-electron chi connectivity index (χ4n) is 1.71. The minimum atomic E-state index is 0.551. The smallest absolute Gasteiger partial charge is 0.225 e. The Morgan fingerprint density at radius 1 is 1.24 bits per heavy atom. The fourth-order valence-corrected chi connectivity index (χ4v) is 1.71. The van der Waals surface area contributed by atoms with Crippen LogP contribution in [0, 0.1) is 0 Å². The molecule has 0 saturated heterocycles. The number of hydrogen-bond acceptors (Lipinski definition) is 4. The lowest BCUT2D eigenvalue weighted by Crippen LogP contribution is -1.88. The van der Waals surface area contributed by atoms with Crippen molar-refractivity contribution in [2.75, 3.05) is 5.73 Å². The zero-order chi connectivity index (χ0) is 11.7. The van der Waals surface area contributed by atoms with E-state index in [0.717, 1.165) is 16.7 Å². The van der Waals surface area contributed by atoms with Crippen molar-refractivity contribution in [3.63, 3.8) is 0 Å². The van der Waals surface area contributed by atoms with Crippen molar-refractivity contribution in [1.29, 1.82) is 0 Å². The molecule has 2 heterocycles. The van der Waals surface area contributed by atoms with E-state index in [1.54, 1.807) is 18.7 Å². The van der Waals surface area contributed by atoms with Crippen molar-refractivity contribution in [1.82, 2.24) is 15.2 Å². The molecule has 5 heteroatoms. The normalized spacial score (nSPS) is 10.6. The largest absolute Gasteiger partial charge is 0.445 e. The van der Waals surface area contributed by atoms with Gasteiger partial charge in [-0.25, -0.2) is 4.98 Å². The van der Waals surface area contributed by atoms with Crippen LogP contribution in [0.1, 0.15) is 0 Å². The van der Waals surface area contributed by atoms with E-state index in [1.807, 2.05) is 24.3 Å². The lowest BCUT2D eigenvalue weighted by molar-refractivity contribution is 0.574. The van der Waals surface area contributed by atoms with Crippen LogP contribution >= 0.6 is 0 Å². The summed E-state index contributed by atoms with van der Waals surface area (Å²) in [5.74, 6) is 1.14. The van der Waals surface area contributed by atoms with Gasteiger partial charge in [0.05, 0.1) is 12.4 Å². The van der Waals surface area contributed by atoms with Crippen molar-refractivity contribution in [3.05, 3.63) is 42.9 Å². The maximum Gasteiger partial charge on any atom is 0.225 e. The Kier molecular flexibility index (Phi) is 2.15. The maximum atomic E-state index is 5.78. The molecule has 0 aliphatic rings. The van der Waals surface area contributed by atoms with Gasteiger partial charge in [0.1, 0.15) is 12.1 Å². The first-order valence-corrected chi connectivity index (χ1v) is 5.14. The number of aromatic amines is 1. The van der Waals surface area contributed by atoms with Crippen LogP contribution in [0.5, 0.6) is 0 Å². The Bertz CT molecular complexity index is 628. The van der Waals surface area contributed by atoms with Gasteiger partial charge in [0.15, 0.2) is 0 Å². The molecule has 0 bridgehead atoms. The number of nitrogens with one attached hydrogen (secondary N) is 1. The van der Waals surface area contributed by atoms with Gasteiger partial charge in [0.25, 0.3) is 0 Å². The molecule has 0 saturated carbocycles. The minimum absolute atomic E-state index is 0.551. The van der Waals surface area contributed by atoms with Crippen LogP contribution in [0.3, 0.4) is 0 Å². The SMILES string of the molecule is Nc1[nH]ncc1-c1cccc(-c2ncco2)c1. The molecule has 0 radical (unpaired) electrons. The highest BCUT2D eigenvalue weighted by Crippen LogP contribution is 2.27. The fraction of sp³-hybridized carbons (Fsp3) is 0. The Labute approximate surface area is 97.3 Å². The topological polar surface area (TPSA) is 80.7 Å². The Balaban J connectivity index is 2.09. The summed E-state index contributed by atoms with van der Waals surface area (Å²) in [6.07, 6.45) is 4.87. The number of aromatic nitrogens is 3. The van der Waals surface area contributed by atoms with Crippen molar-refractivity contribution < 1.29 is 4.42 Å². The van der Waals surface area contributed by atoms with Gasteiger partial charge in [-0.2, -0.15) is 5.10 Å². The minimum Gasteiger partial charge on any atom is -0.445 e. The molecule has 5 nitrogen and oxygen atoms in total. The third-order valence-corrected chi connectivity index (χ3v) is 2.52. The van der Waals surface area contributed by atoms with Crippen LogP contribution in [-0.2, 0) is 0 Å². The number of benzene rings is 1. The summed E-state index contributed by atoms with van der Waals surface area (Å²) in [6.45, 7) is 0. The van der Waals surface area contributed by atoms with Gasteiger partial charge in [0.2, 0.25) is 5.89 Å². The molecule has 0 aliphatic carbocycles. The van der Waals surface area contributed by atoms with Gasteiger partial charge < -0.3 is 10.2 Å². The van der Waals surface area contributed by atoms with E-state index in [9.17, 15) is 0 Å². The summed E-state index contributed by atoms with van der Waals surface area (Å²) in [6, 6.07) is 7.80. The molecule has 17 heavy (non-hydrogen) atoms. The number of nitrogen functional groups attached to an aromatic ring is 1. The Morgan fingerprint density at radius 3 is 2.82 bits per heavy atom. The zero-order valence-electron chi connectivity index (χ0n) is 8.92. The van der Waals surface area contributed by atoms with Gasteiger partial charge in [0, 0.05) is 11.1 Å². The molecular formula is C12H10N4O. The monoisotopic (exact) mass is 226 g/mol. The summed E-state index contributed by atoms with van der Waals surface area (Å²) in [4.78, 5) is 4.11. The molecule has 3 rings (SSSR count). The predicted molar refractivity (Wildman–Crippen MR) is 63.9 cm³/mol. The molecule has 2 aromatic heterocycles. The van der Waals surface area contributed by atoms with Crippen molar-refractivity contribution in [3.8, 4) is 22.6 Å². The first kappa shape index (κ1) is 9.65. The van der Waals surface area contributed by atoms with E-state index in [-0.39, 0.29) is 0 Å². The molecule has 0 spiro atoms. The molecule has 0 aliphatic heterocycles. The van der Waals surface area contributed by atoms with Gasteiger partial charge in [-0.3, -0.25) is 5.10 Å². The Hall–Kier alpha value is -2.56. The van der Waals surface area contributed by atoms with Crippen LogP contribution in [0.15, 0.2) is 47.3 Å². The lowest BCUT2D eigenvalue weighted by atomic mass is 10.1. The molecule has 0 atom stereocenters. The van der Waals surface area contributed by atoms with E-state index in [4.69, 9.17) is 10.2 Å². The second-order valence-electron chi connectivity index (χ2n) is 3.62. The Morgan fingerprint density at radius 2 is 2.12 bits per heavy atom. The van der Waals surface area contributed by atoms with E-state index in [1.165, 1.54) is 0 Å². The number of rotatable bonds is 2. The van der Waals surface area contributed by atoms with Gasteiger partial charge in [-0.1, -0.05) is 12.1 Å². The average molecular weight is 226 g/mol. The van der Waals surface area contributed by atoms with E-state index < -0.39 is 0 Å². The van der Waals surface area contributed by atoms with Gasteiger partial charge >= 0.3 is 0 Å². The van der Waals surface area contributed by atoms with Crippen LogP contribution in [0.25, 0.3) is 22.6 Å². The number of nitrogens with zero attached hydrogens (tertiary/aromatic N) is 2. The van der Waals surface area contributed by atoms with Crippen molar-refractivity contribution in [2.45, 2.75) is 0 Å². The number of hydrogen-bond donors (Lipinski definition) is 2.